The van der Waals surface area contributed by atoms with Crippen molar-refractivity contribution in [3.63, 3.8) is 0 Å². The van der Waals surface area contributed by atoms with Gasteiger partial charge in [0.2, 0.25) is 0 Å². The Morgan fingerprint density at radius 2 is 0.654 bits per heavy atom. The molecule has 0 bridgehead atoms. The lowest BCUT2D eigenvalue weighted by atomic mass is 9.67. The topological polar surface area (TPSA) is 6.48 Å². The number of hydrogen-bond donors (Lipinski definition) is 0. The molecule has 78 heavy (non-hydrogen) atoms. The van der Waals surface area contributed by atoms with Gasteiger partial charge in [0.25, 0.3) is 0 Å². The summed E-state index contributed by atoms with van der Waals surface area (Å²) in [6.45, 7) is 0. The van der Waals surface area contributed by atoms with E-state index in [4.69, 9.17) is 0 Å². The molecule has 2 spiro atoms. The fourth-order valence-electron chi connectivity index (χ4n) is 14.8. The van der Waals surface area contributed by atoms with Gasteiger partial charge in [-0.2, -0.15) is 0 Å². The Labute approximate surface area is 460 Å². The van der Waals surface area contributed by atoms with Crippen molar-refractivity contribution in [3.05, 3.63) is 277 Å². The monoisotopic (exact) mass is 1000 g/mol. The molecule has 0 heterocycles. The Balaban J connectivity index is 0.840. The molecule has 0 unspecified atom stereocenters. The molecule has 2 heteroatoms. The highest BCUT2D eigenvalue weighted by molar-refractivity contribution is 6.00. The van der Waals surface area contributed by atoms with Crippen LogP contribution in [0.2, 0.25) is 0 Å². The second kappa shape index (κ2) is 19.1. The van der Waals surface area contributed by atoms with E-state index < -0.39 is 0 Å². The van der Waals surface area contributed by atoms with Crippen LogP contribution in [0.3, 0.4) is 0 Å². The van der Waals surface area contributed by atoms with Crippen LogP contribution >= 0.6 is 0 Å². The zero-order valence-electron chi connectivity index (χ0n) is 44.2. The van der Waals surface area contributed by atoms with Crippen LogP contribution < -0.4 is 9.80 Å². The first-order valence-corrected chi connectivity index (χ1v) is 28.7. The van der Waals surface area contributed by atoms with E-state index in [0.29, 0.717) is 0 Å². The van der Waals surface area contributed by atoms with Crippen molar-refractivity contribution >= 4 is 44.9 Å². The number of hydrogen-bond acceptors (Lipinski definition) is 2. The van der Waals surface area contributed by atoms with Gasteiger partial charge in [-0.25, -0.2) is 0 Å². The van der Waals surface area contributed by atoms with E-state index in [9.17, 15) is 0 Å². The molecule has 15 rings (SSSR count). The molecular weight excluding hydrogens is 941 g/mol. The van der Waals surface area contributed by atoms with Gasteiger partial charge in [0.05, 0.1) is 5.69 Å². The quantitative estimate of drug-likeness (QED) is 0.142. The van der Waals surface area contributed by atoms with Gasteiger partial charge in [0, 0.05) is 44.7 Å². The normalized spacial score (nSPS) is 15.4. The van der Waals surface area contributed by atoms with E-state index in [1.165, 1.54) is 170 Å². The average molecular weight is 1000 g/mol. The molecule has 0 saturated heterocycles. The zero-order valence-corrected chi connectivity index (χ0v) is 44.2. The fraction of sp³-hybridized carbons (Fsp3) is 0.158. The summed E-state index contributed by atoms with van der Waals surface area (Å²) in [5, 5.41) is 2.42. The van der Waals surface area contributed by atoms with Crippen molar-refractivity contribution in [2.75, 3.05) is 9.80 Å². The van der Waals surface area contributed by atoms with Crippen LogP contribution in [-0.2, 0) is 10.8 Å². The first-order valence-electron chi connectivity index (χ1n) is 28.7. The predicted octanol–water partition coefficient (Wildman–Crippen LogP) is 21.2. The van der Waals surface area contributed by atoms with Crippen LogP contribution in [0.15, 0.2) is 255 Å². The number of benzene rings is 11. The molecule has 0 amide bonds. The molecule has 0 atom stereocenters. The van der Waals surface area contributed by atoms with Crippen LogP contribution in [0, 0.1) is 0 Å². The van der Waals surface area contributed by atoms with Gasteiger partial charge in [-0.3, -0.25) is 0 Å². The fourth-order valence-corrected chi connectivity index (χ4v) is 14.8. The molecule has 4 aliphatic rings. The average Bonchev–Trinajstić information content (AvgIpc) is 4.17. The molecule has 376 valence electrons. The molecule has 2 saturated carbocycles. The summed E-state index contributed by atoms with van der Waals surface area (Å²) in [6.07, 6.45) is 12.6. The van der Waals surface area contributed by atoms with E-state index in [1.807, 2.05) is 0 Å². The third-order valence-corrected chi connectivity index (χ3v) is 18.4. The smallest absolute Gasteiger partial charge is 0.0540 e. The summed E-state index contributed by atoms with van der Waals surface area (Å²) < 4.78 is 0. The Hall–Kier alpha value is -8.72. The SMILES string of the molecule is c1ccc(-c2cc(-c3ccccc3)cc(N(c3ccc(-c4ccc(N(c5ccc6c(c5)C5(CCCCC5)c5ccccc5-6)c5ccc6c(c5)C5(CCCCC5)c5ccccc5-6)cc4)cc3)c3cccc4ccccc34)c2)cc1. The Kier molecular flexibility index (Phi) is 11.4. The van der Waals surface area contributed by atoms with Crippen molar-refractivity contribution in [1.82, 2.24) is 0 Å². The molecule has 2 nitrogen and oxygen atoms in total. The zero-order chi connectivity index (χ0) is 51.6. The summed E-state index contributed by atoms with van der Waals surface area (Å²) in [4.78, 5) is 5.02. The molecule has 11 aromatic carbocycles. The molecule has 2 fully saturated rings. The van der Waals surface area contributed by atoms with E-state index in [0.717, 1.165) is 17.1 Å². The summed E-state index contributed by atoms with van der Waals surface area (Å²) in [7, 11) is 0. The maximum absolute atomic E-state index is 2.59. The van der Waals surface area contributed by atoms with Crippen LogP contribution in [0.5, 0.6) is 0 Å². The van der Waals surface area contributed by atoms with Crippen molar-refractivity contribution in [3.8, 4) is 55.6 Å². The summed E-state index contributed by atoms with van der Waals surface area (Å²) in [6, 6.07) is 96.1. The highest BCUT2D eigenvalue weighted by Crippen LogP contribution is 2.59. The van der Waals surface area contributed by atoms with E-state index >= 15 is 0 Å². The minimum Gasteiger partial charge on any atom is -0.310 e. The van der Waals surface area contributed by atoms with E-state index in [-0.39, 0.29) is 10.8 Å². The summed E-state index contributed by atoms with van der Waals surface area (Å²) in [5.41, 5.74) is 26.0. The van der Waals surface area contributed by atoms with Crippen LogP contribution in [-0.4, -0.2) is 0 Å². The molecule has 0 aromatic heterocycles. The minimum absolute atomic E-state index is 0.0612. The van der Waals surface area contributed by atoms with Gasteiger partial charge in [-0.05, 0) is 182 Å². The number of rotatable bonds is 9. The highest BCUT2D eigenvalue weighted by Gasteiger charge is 2.45. The number of anilines is 6. The van der Waals surface area contributed by atoms with Gasteiger partial charge in [-0.15, -0.1) is 0 Å². The Morgan fingerprint density at radius 3 is 1.18 bits per heavy atom. The first kappa shape index (κ1) is 46.6. The van der Waals surface area contributed by atoms with Gasteiger partial charge < -0.3 is 9.80 Å². The maximum atomic E-state index is 2.59. The van der Waals surface area contributed by atoms with Gasteiger partial charge in [0.15, 0.2) is 0 Å². The maximum Gasteiger partial charge on any atom is 0.0540 e. The molecule has 0 radical (unpaired) electrons. The van der Waals surface area contributed by atoms with Gasteiger partial charge in [0.1, 0.15) is 0 Å². The lowest BCUT2D eigenvalue weighted by Crippen LogP contribution is -2.28. The number of nitrogens with zero attached hydrogens (tertiary/aromatic N) is 2. The lowest BCUT2D eigenvalue weighted by molar-refractivity contribution is 0.353. The molecule has 4 aliphatic carbocycles. The van der Waals surface area contributed by atoms with Crippen molar-refractivity contribution in [2.24, 2.45) is 0 Å². The lowest BCUT2D eigenvalue weighted by Gasteiger charge is -2.37. The molecular formula is C76H62N2. The first-order chi connectivity index (χ1) is 38.6. The minimum atomic E-state index is 0.0612. The molecule has 11 aromatic rings. The van der Waals surface area contributed by atoms with Crippen LogP contribution in [0.1, 0.15) is 86.5 Å². The van der Waals surface area contributed by atoms with Crippen LogP contribution in [0.25, 0.3) is 66.4 Å². The Morgan fingerprint density at radius 1 is 0.244 bits per heavy atom. The van der Waals surface area contributed by atoms with Crippen molar-refractivity contribution in [2.45, 2.75) is 75.0 Å². The highest BCUT2D eigenvalue weighted by atomic mass is 15.1. The summed E-state index contributed by atoms with van der Waals surface area (Å²) >= 11 is 0. The van der Waals surface area contributed by atoms with Gasteiger partial charge >= 0.3 is 0 Å². The second-order valence-electron chi connectivity index (χ2n) is 22.6. The van der Waals surface area contributed by atoms with Crippen molar-refractivity contribution in [1.29, 1.82) is 0 Å². The number of fused-ring (bicyclic) bond motifs is 11. The predicted molar refractivity (Wildman–Crippen MR) is 328 cm³/mol. The van der Waals surface area contributed by atoms with E-state index in [2.05, 4.69) is 265 Å². The largest absolute Gasteiger partial charge is 0.310 e. The molecule has 0 aliphatic heterocycles. The van der Waals surface area contributed by atoms with Crippen LogP contribution in [0.4, 0.5) is 34.1 Å². The van der Waals surface area contributed by atoms with Gasteiger partial charge in [-0.1, -0.05) is 221 Å². The standard InChI is InChI=1S/C76H62N2/c1-5-20-53(21-6-1)58-48-59(54-22-7-2-8-23-54)50-64(49-58)78(74-31-19-25-57-24-9-10-26-65(57)74)61-38-34-56(35-39-61)55-32-36-60(37-33-55)77(62-40-42-68-66-27-11-13-29-70(66)75(72(68)51-62)44-15-3-16-45-75)63-41-43-69-67-28-12-14-30-71(67)76(73(69)52-63)46-17-4-18-47-76/h1-2,5-14,19-43,48-52H,3-4,15-18,44-47H2. The third-order valence-electron chi connectivity index (χ3n) is 18.4. The molecule has 0 N–H and O–H groups in total. The third kappa shape index (κ3) is 7.67. The Bertz CT molecular complexity index is 3850. The van der Waals surface area contributed by atoms with Crippen molar-refractivity contribution < 1.29 is 0 Å². The second-order valence-corrected chi connectivity index (χ2v) is 22.6. The summed E-state index contributed by atoms with van der Waals surface area (Å²) in [5.74, 6) is 0. The van der Waals surface area contributed by atoms with E-state index in [1.54, 1.807) is 0 Å².